The van der Waals surface area contributed by atoms with Crippen molar-refractivity contribution in [3.05, 3.63) is 42.5 Å². The van der Waals surface area contributed by atoms with Gasteiger partial charge in [-0.05, 0) is 25.0 Å². The first-order valence-electron chi connectivity index (χ1n) is 8.08. The van der Waals surface area contributed by atoms with E-state index in [-0.39, 0.29) is 24.2 Å². The lowest BCUT2D eigenvalue weighted by Crippen LogP contribution is -2.44. The van der Waals surface area contributed by atoms with Gasteiger partial charge in [-0.15, -0.1) is 0 Å². The zero-order valence-corrected chi connectivity index (χ0v) is 13.5. The van der Waals surface area contributed by atoms with Crippen LogP contribution < -0.4 is 4.90 Å². The molecule has 1 unspecified atom stereocenters. The van der Waals surface area contributed by atoms with Crippen LogP contribution in [0, 0.1) is 5.92 Å². The third kappa shape index (κ3) is 2.52. The predicted molar refractivity (Wildman–Crippen MR) is 88.0 cm³/mol. The van der Waals surface area contributed by atoms with Crippen LogP contribution >= 0.6 is 0 Å². The van der Waals surface area contributed by atoms with Crippen molar-refractivity contribution in [3.63, 3.8) is 0 Å². The number of rotatable bonds is 5. The van der Waals surface area contributed by atoms with E-state index in [1.54, 1.807) is 0 Å². The maximum absolute atomic E-state index is 13.0. The number of fused-ring (bicyclic) bond motifs is 1. The molecule has 1 aliphatic carbocycles. The van der Waals surface area contributed by atoms with Gasteiger partial charge in [0.25, 0.3) is 0 Å². The number of ether oxygens (including phenoxy) is 1. The number of hydrogen-bond donors (Lipinski definition) is 0. The molecule has 1 saturated heterocycles. The molecule has 0 N–H and O–H groups in total. The van der Waals surface area contributed by atoms with Crippen molar-refractivity contribution in [3.8, 4) is 0 Å². The van der Waals surface area contributed by atoms with Gasteiger partial charge >= 0.3 is 6.03 Å². The smallest absolute Gasteiger partial charge is 0.325 e. The van der Waals surface area contributed by atoms with Crippen LogP contribution in [0.15, 0.2) is 42.5 Å². The van der Waals surface area contributed by atoms with Crippen LogP contribution in [0.25, 0.3) is 0 Å². The molecule has 3 atom stereocenters. The standard InChI is InChI=1S/C18H24N2O2/c1-4-22-16-11-10-15-17(16)19(12-13(2)3)18(21)20(15)14-8-6-5-7-9-14/h5-11,13,15-17H,4,12H2,1-3H3/t15?,16-,17-/m0/s1. The van der Waals surface area contributed by atoms with Crippen LogP contribution in [0.4, 0.5) is 10.5 Å². The first kappa shape index (κ1) is 15.1. The molecule has 118 valence electrons. The maximum atomic E-state index is 13.0. The van der Waals surface area contributed by atoms with Crippen LogP contribution in [0.1, 0.15) is 20.8 Å². The number of hydrogen-bond acceptors (Lipinski definition) is 2. The molecule has 4 heteroatoms. The molecule has 3 rings (SSSR count). The maximum Gasteiger partial charge on any atom is 0.325 e. The summed E-state index contributed by atoms with van der Waals surface area (Å²) >= 11 is 0. The van der Waals surface area contributed by atoms with Crippen molar-refractivity contribution in [1.29, 1.82) is 0 Å². The van der Waals surface area contributed by atoms with Crippen molar-refractivity contribution >= 4 is 11.7 Å². The highest BCUT2D eigenvalue weighted by Crippen LogP contribution is 2.36. The highest BCUT2D eigenvalue weighted by molar-refractivity contribution is 5.96. The number of anilines is 1. The van der Waals surface area contributed by atoms with Crippen LogP contribution in [-0.4, -0.2) is 42.3 Å². The lowest BCUT2D eigenvalue weighted by Gasteiger charge is -2.28. The Morgan fingerprint density at radius 2 is 1.91 bits per heavy atom. The van der Waals surface area contributed by atoms with E-state index < -0.39 is 0 Å². The lowest BCUT2D eigenvalue weighted by molar-refractivity contribution is 0.0448. The third-order valence-electron chi connectivity index (χ3n) is 4.25. The second-order valence-electron chi connectivity index (χ2n) is 6.32. The topological polar surface area (TPSA) is 32.8 Å². The van der Waals surface area contributed by atoms with Gasteiger partial charge in [-0.25, -0.2) is 4.79 Å². The number of benzene rings is 1. The van der Waals surface area contributed by atoms with Crippen molar-refractivity contribution in [2.45, 2.75) is 39.0 Å². The summed E-state index contributed by atoms with van der Waals surface area (Å²) in [6.07, 6.45) is 4.22. The van der Waals surface area contributed by atoms with Crippen molar-refractivity contribution in [1.82, 2.24) is 4.90 Å². The summed E-state index contributed by atoms with van der Waals surface area (Å²) in [4.78, 5) is 16.9. The summed E-state index contributed by atoms with van der Waals surface area (Å²) in [5.41, 5.74) is 0.954. The molecule has 0 bridgehead atoms. The number of nitrogens with zero attached hydrogens (tertiary/aromatic N) is 2. The molecule has 22 heavy (non-hydrogen) atoms. The monoisotopic (exact) mass is 300 g/mol. The molecule has 2 aliphatic rings. The lowest BCUT2D eigenvalue weighted by atomic mass is 10.1. The van der Waals surface area contributed by atoms with Gasteiger partial charge in [-0.1, -0.05) is 44.2 Å². The third-order valence-corrected chi connectivity index (χ3v) is 4.25. The Labute approximate surface area is 132 Å². The minimum absolute atomic E-state index is 0.00795. The Kier molecular flexibility index (Phi) is 4.21. The van der Waals surface area contributed by atoms with Crippen molar-refractivity contribution in [2.75, 3.05) is 18.1 Å². The molecule has 1 aliphatic heterocycles. The van der Waals surface area contributed by atoms with Gasteiger partial charge in [0.15, 0.2) is 0 Å². The van der Waals surface area contributed by atoms with E-state index in [9.17, 15) is 4.79 Å². The fourth-order valence-electron chi connectivity index (χ4n) is 3.45. The molecule has 0 radical (unpaired) electrons. The highest BCUT2D eigenvalue weighted by atomic mass is 16.5. The van der Waals surface area contributed by atoms with Gasteiger partial charge in [-0.3, -0.25) is 4.90 Å². The van der Waals surface area contributed by atoms with Gasteiger partial charge in [0, 0.05) is 18.8 Å². The van der Waals surface area contributed by atoms with E-state index in [1.165, 1.54) is 0 Å². The van der Waals surface area contributed by atoms with Gasteiger partial charge in [0.2, 0.25) is 0 Å². The zero-order chi connectivity index (χ0) is 15.7. The first-order valence-corrected chi connectivity index (χ1v) is 8.08. The summed E-state index contributed by atoms with van der Waals surface area (Å²) in [5, 5.41) is 0. The summed E-state index contributed by atoms with van der Waals surface area (Å²) in [6.45, 7) is 7.71. The van der Waals surface area contributed by atoms with E-state index >= 15 is 0 Å². The first-order chi connectivity index (χ1) is 10.6. The Morgan fingerprint density at radius 1 is 1.18 bits per heavy atom. The average molecular weight is 300 g/mol. The number of carbonyl (C=O) groups is 1. The summed E-state index contributed by atoms with van der Waals surface area (Å²) in [6, 6.07) is 10.1. The molecule has 2 amide bonds. The van der Waals surface area contributed by atoms with Gasteiger partial charge in [0.1, 0.15) is 0 Å². The molecule has 1 aromatic carbocycles. The van der Waals surface area contributed by atoms with E-state index in [4.69, 9.17) is 4.74 Å². The molecule has 0 saturated carbocycles. The van der Waals surface area contributed by atoms with Crippen LogP contribution in [-0.2, 0) is 4.74 Å². The van der Waals surface area contributed by atoms with Crippen LogP contribution in [0.2, 0.25) is 0 Å². The fraction of sp³-hybridized carbons (Fsp3) is 0.500. The molecular weight excluding hydrogens is 276 g/mol. The molecule has 0 aromatic heterocycles. The van der Waals surface area contributed by atoms with Crippen LogP contribution in [0.5, 0.6) is 0 Å². The SMILES string of the molecule is CCO[C@H]1C=CC2[C@@H]1N(CC(C)C)C(=O)N2c1ccccc1. The van der Waals surface area contributed by atoms with Gasteiger partial charge in [0.05, 0.1) is 18.2 Å². The Morgan fingerprint density at radius 3 is 2.55 bits per heavy atom. The zero-order valence-electron chi connectivity index (χ0n) is 13.5. The van der Waals surface area contributed by atoms with E-state index in [2.05, 4.69) is 26.0 Å². The quantitative estimate of drug-likeness (QED) is 0.782. The largest absolute Gasteiger partial charge is 0.372 e. The average Bonchev–Trinajstić information content (AvgIpc) is 3.00. The Balaban J connectivity index is 1.94. The second kappa shape index (κ2) is 6.13. The molecule has 1 heterocycles. The van der Waals surface area contributed by atoms with Crippen molar-refractivity contribution in [2.24, 2.45) is 5.92 Å². The predicted octanol–water partition coefficient (Wildman–Crippen LogP) is 3.30. The minimum Gasteiger partial charge on any atom is -0.372 e. The van der Waals surface area contributed by atoms with E-state index in [1.807, 2.05) is 47.1 Å². The molecular formula is C18H24N2O2. The molecule has 0 spiro atoms. The molecule has 4 nitrogen and oxygen atoms in total. The molecule has 1 aromatic rings. The number of urea groups is 1. The van der Waals surface area contributed by atoms with E-state index in [0.717, 1.165) is 12.2 Å². The number of carbonyl (C=O) groups excluding carboxylic acids is 1. The van der Waals surface area contributed by atoms with E-state index in [0.29, 0.717) is 12.5 Å². The van der Waals surface area contributed by atoms with Gasteiger partial charge < -0.3 is 9.64 Å². The summed E-state index contributed by atoms with van der Waals surface area (Å²) in [5.74, 6) is 0.434. The minimum atomic E-state index is -0.00795. The Hall–Kier alpha value is -1.81. The van der Waals surface area contributed by atoms with Crippen LogP contribution in [0.3, 0.4) is 0 Å². The normalized spacial score (nSPS) is 27.1. The summed E-state index contributed by atoms with van der Waals surface area (Å²) < 4.78 is 5.85. The Bertz CT molecular complexity index is 555. The fourth-order valence-corrected chi connectivity index (χ4v) is 3.45. The van der Waals surface area contributed by atoms with Gasteiger partial charge in [-0.2, -0.15) is 0 Å². The molecule has 1 fully saturated rings. The second-order valence-corrected chi connectivity index (χ2v) is 6.32. The number of para-hydroxylation sites is 1. The summed E-state index contributed by atoms with van der Waals surface area (Å²) in [7, 11) is 0. The number of amides is 2. The highest BCUT2D eigenvalue weighted by Gasteiger charge is 2.51. The van der Waals surface area contributed by atoms with Crippen molar-refractivity contribution < 1.29 is 9.53 Å².